The fourth-order valence-electron chi connectivity index (χ4n) is 3.52. The van der Waals surface area contributed by atoms with Crippen LogP contribution >= 0.6 is 11.3 Å². The average molecular weight is 478 g/mol. The summed E-state index contributed by atoms with van der Waals surface area (Å²) in [6.45, 7) is 11.5. The number of benzene rings is 2. The molecular formula is C27H31N3O3S. The van der Waals surface area contributed by atoms with Gasteiger partial charge in [-0.2, -0.15) is 9.50 Å². The van der Waals surface area contributed by atoms with Crippen LogP contribution in [-0.2, 0) is 5.41 Å². The Kier molecular flexibility index (Phi) is 6.75. The molecule has 7 heteroatoms. The van der Waals surface area contributed by atoms with Crippen molar-refractivity contribution in [3.63, 3.8) is 0 Å². The van der Waals surface area contributed by atoms with Gasteiger partial charge in [0.05, 0.1) is 18.2 Å². The Balaban J connectivity index is 1.61. The number of hydrogen-bond donors (Lipinski definition) is 0. The molecule has 0 aliphatic carbocycles. The Morgan fingerprint density at radius 3 is 2.44 bits per heavy atom. The second-order valence-corrected chi connectivity index (χ2v) is 10.8. The standard InChI is InChI=1S/C27H31N3O3S/c1-17(2)13-14-33-21-12-7-18(15-22(21)32-6)16-23-25(31)30-26(34-23)28-24(29-30)19-8-10-20(11-9-19)27(3,4)5/h7-12,15-17H,13-14H2,1-6H3/b23-16-. The molecule has 0 aliphatic rings. The maximum absolute atomic E-state index is 13.0. The number of nitrogens with zero attached hydrogens (tertiary/aromatic N) is 3. The van der Waals surface area contributed by atoms with Gasteiger partial charge in [-0.05, 0) is 47.1 Å². The summed E-state index contributed by atoms with van der Waals surface area (Å²) in [6.07, 6.45) is 2.81. The van der Waals surface area contributed by atoms with Crippen molar-refractivity contribution in [1.29, 1.82) is 0 Å². The molecule has 4 rings (SSSR count). The zero-order valence-corrected chi connectivity index (χ0v) is 21.4. The van der Waals surface area contributed by atoms with Crippen molar-refractivity contribution in [2.75, 3.05) is 13.7 Å². The molecule has 0 saturated carbocycles. The highest BCUT2D eigenvalue weighted by atomic mass is 32.1. The Labute approximate surface area is 203 Å². The number of ether oxygens (including phenoxy) is 2. The van der Waals surface area contributed by atoms with E-state index in [0.29, 0.717) is 39.3 Å². The molecule has 0 fully saturated rings. The summed E-state index contributed by atoms with van der Waals surface area (Å²) >= 11 is 1.33. The van der Waals surface area contributed by atoms with E-state index in [9.17, 15) is 4.79 Å². The monoisotopic (exact) mass is 477 g/mol. The van der Waals surface area contributed by atoms with Crippen molar-refractivity contribution in [3.05, 3.63) is 68.5 Å². The van der Waals surface area contributed by atoms with E-state index < -0.39 is 0 Å². The molecule has 4 aromatic rings. The fraction of sp³-hybridized carbons (Fsp3) is 0.370. The molecule has 0 saturated heterocycles. The van der Waals surface area contributed by atoms with Crippen LogP contribution in [0.2, 0.25) is 0 Å². The average Bonchev–Trinajstić information content (AvgIpc) is 3.33. The van der Waals surface area contributed by atoms with Crippen LogP contribution in [-0.4, -0.2) is 28.3 Å². The van der Waals surface area contributed by atoms with Crippen molar-refractivity contribution in [2.45, 2.75) is 46.5 Å². The highest BCUT2D eigenvalue weighted by Gasteiger charge is 2.16. The summed E-state index contributed by atoms with van der Waals surface area (Å²) in [6, 6.07) is 13.9. The molecule has 0 radical (unpaired) electrons. The topological polar surface area (TPSA) is 65.7 Å². The smallest absolute Gasteiger partial charge is 0.291 e. The second kappa shape index (κ2) is 9.58. The molecular weight excluding hydrogens is 446 g/mol. The SMILES string of the molecule is COc1cc(/C=c2\sc3nc(-c4ccc(C(C)(C)C)cc4)nn3c2=O)ccc1OCCC(C)C. The second-order valence-electron chi connectivity index (χ2n) is 9.81. The van der Waals surface area contributed by atoms with Crippen LogP contribution < -0.4 is 19.6 Å². The lowest BCUT2D eigenvalue weighted by Gasteiger charge is -2.18. The zero-order valence-electron chi connectivity index (χ0n) is 20.6. The van der Waals surface area contributed by atoms with Gasteiger partial charge in [-0.3, -0.25) is 4.79 Å². The number of aromatic nitrogens is 3. The fourth-order valence-corrected chi connectivity index (χ4v) is 4.43. The van der Waals surface area contributed by atoms with E-state index in [4.69, 9.17) is 9.47 Å². The molecule has 0 bridgehead atoms. The lowest BCUT2D eigenvalue weighted by Crippen LogP contribution is -2.23. The van der Waals surface area contributed by atoms with Crippen LogP contribution in [0, 0.1) is 5.92 Å². The number of methoxy groups -OCH3 is 1. The van der Waals surface area contributed by atoms with Gasteiger partial charge in [0.15, 0.2) is 17.3 Å². The van der Waals surface area contributed by atoms with Crippen molar-refractivity contribution >= 4 is 22.4 Å². The summed E-state index contributed by atoms with van der Waals surface area (Å²) < 4.78 is 13.3. The quantitative estimate of drug-likeness (QED) is 0.371. The Morgan fingerprint density at radius 1 is 1.09 bits per heavy atom. The van der Waals surface area contributed by atoms with E-state index in [-0.39, 0.29) is 11.0 Å². The molecule has 6 nitrogen and oxygen atoms in total. The van der Waals surface area contributed by atoms with Crippen molar-refractivity contribution in [1.82, 2.24) is 14.6 Å². The molecule has 0 unspecified atom stereocenters. The number of hydrogen-bond acceptors (Lipinski definition) is 6. The van der Waals surface area contributed by atoms with E-state index in [0.717, 1.165) is 17.5 Å². The highest BCUT2D eigenvalue weighted by molar-refractivity contribution is 7.15. The van der Waals surface area contributed by atoms with E-state index in [2.05, 4.69) is 56.8 Å². The van der Waals surface area contributed by atoms with Gasteiger partial charge in [0.1, 0.15) is 0 Å². The minimum atomic E-state index is -0.179. The molecule has 0 aliphatic heterocycles. The van der Waals surface area contributed by atoms with Crippen molar-refractivity contribution < 1.29 is 9.47 Å². The van der Waals surface area contributed by atoms with Gasteiger partial charge in [0, 0.05) is 5.56 Å². The first-order chi connectivity index (χ1) is 16.2. The largest absolute Gasteiger partial charge is 0.493 e. The molecule has 0 amide bonds. The summed E-state index contributed by atoms with van der Waals surface area (Å²) in [5, 5.41) is 4.47. The third-order valence-corrected chi connectivity index (χ3v) is 6.59. The normalized spacial score (nSPS) is 12.6. The first-order valence-electron chi connectivity index (χ1n) is 11.5. The van der Waals surface area contributed by atoms with Crippen LogP contribution in [0.1, 0.15) is 52.2 Å². The zero-order chi connectivity index (χ0) is 24.5. The maximum Gasteiger partial charge on any atom is 0.291 e. The van der Waals surface area contributed by atoms with E-state index in [1.165, 1.54) is 21.4 Å². The molecule has 178 valence electrons. The van der Waals surface area contributed by atoms with Gasteiger partial charge >= 0.3 is 0 Å². The lowest BCUT2D eigenvalue weighted by molar-refractivity contribution is 0.273. The van der Waals surface area contributed by atoms with Crippen LogP contribution in [0.25, 0.3) is 22.4 Å². The predicted molar refractivity (Wildman–Crippen MR) is 138 cm³/mol. The summed E-state index contributed by atoms with van der Waals surface area (Å²) in [7, 11) is 1.62. The van der Waals surface area contributed by atoms with Crippen molar-refractivity contribution in [2.24, 2.45) is 5.92 Å². The number of thiazole rings is 1. The minimum absolute atomic E-state index is 0.0779. The van der Waals surface area contributed by atoms with E-state index in [1.807, 2.05) is 36.4 Å². The molecule has 0 atom stereocenters. The van der Waals surface area contributed by atoms with Gasteiger partial charge in [-0.15, -0.1) is 5.10 Å². The van der Waals surface area contributed by atoms with Crippen LogP contribution in [0.4, 0.5) is 0 Å². The van der Waals surface area contributed by atoms with Crippen LogP contribution in [0.3, 0.4) is 0 Å². The summed E-state index contributed by atoms with van der Waals surface area (Å²) in [4.78, 5) is 18.1. The molecule has 2 heterocycles. The van der Waals surface area contributed by atoms with Crippen molar-refractivity contribution in [3.8, 4) is 22.9 Å². The van der Waals surface area contributed by atoms with Gasteiger partial charge in [0.25, 0.3) is 5.56 Å². The number of rotatable bonds is 7. The Bertz CT molecular complexity index is 1400. The van der Waals surface area contributed by atoms with Gasteiger partial charge in [-0.1, -0.05) is 76.3 Å². The van der Waals surface area contributed by atoms with Gasteiger partial charge in [-0.25, -0.2) is 0 Å². The Morgan fingerprint density at radius 2 is 1.82 bits per heavy atom. The third kappa shape index (κ3) is 5.14. The molecule has 34 heavy (non-hydrogen) atoms. The van der Waals surface area contributed by atoms with Gasteiger partial charge < -0.3 is 9.47 Å². The minimum Gasteiger partial charge on any atom is -0.493 e. The lowest BCUT2D eigenvalue weighted by atomic mass is 9.87. The molecule has 0 spiro atoms. The molecule has 0 N–H and O–H groups in total. The number of fused-ring (bicyclic) bond motifs is 1. The first kappa shape index (κ1) is 24.0. The van der Waals surface area contributed by atoms with Gasteiger partial charge in [0.2, 0.25) is 4.96 Å². The predicted octanol–water partition coefficient (Wildman–Crippen LogP) is 5.10. The van der Waals surface area contributed by atoms with Crippen LogP contribution in [0.5, 0.6) is 11.5 Å². The Hall–Kier alpha value is -3.19. The molecule has 2 aromatic heterocycles. The first-order valence-corrected chi connectivity index (χ1v) is 12.3. The third-order valence-electron chi connectivity index (χ3n) is 5.63. The molecule has 2 aromatic carbocycles. The van der Waals surface area contributed by atoms with Crippen LogP contribution in [0.15, 0.2) is 47.3 Å². The summed E-state index contributed by atoms with van der Waals surface area (Å²) in [5.41, 5.74) is 2.89. The van der Waals surface area contributed by atoms with E-state index >= 15 is 0 Å². The maximum atomic E-state index is 13.0. The summed E-state index contributed by atoms with van der Waals surface area (Å²) in [5.74, 6) is 2.47. The van der Waals surface area contributed by atoms with E-state index in [1.54, 1.807) is 7.11 Å². The highest BCUT2D eigenvalue weighted by Crippen LogP contribution is 2.29.